The molecule has 0 aromatic heterocycles. The van der Waals surface area contributed by atoms with E-state index < -0.39 is 10.0 Å². The molecule has 0 N–H and O–H groups in total. The van der Waals surface area contributed by atoms with Crippen molar-refractivity contribution in [2.45, 2.75) is 37.4 Å². The number of hydrogen-bond acceptors (Lipinski definition) is 3. The van der Waals surface area contributed by atoms with Crippen molar-refractivity contribution in [3.63, 3.8) is 0 Å². The van der Waals surface area contributed by atoms with Crippen molar-refractivity contribution in [3.8, 4) is 6.07 Å². The third-order valence-corrected chi connectivity index (χ3v) is 6.73. The lowest BCUT2D eigenvalue weighted by atomic mass is 10.0. The van der Waals surface area contributed by atoms with E-state index in [0.717, 1.165) is 19.3 Å². The third kappa shape index (κ3) is 2.84. The lowest BCUT2D eigenvalue weighted by molar-refractivity contribution is 0.483. The molecule has 0 atom stereocenters. The Morgan fingerprint density at radius 2 is 1.95 bits per heavy atom. The summed E-state index contributed by atoms with van der Waals surface area (Å²) in [5.41, 5.74) is 0.793. The van der Waals surface area contributed by atoms with Crippen LogP contribution in [0.3, 0.4) is 0 Å². The Hall–Kier alpha value is -1.06. The number of nitrogens with zero attached hydrogens (tertiary/aromatic N) is 2. The average molecular weight is 357 g/mol. The van der Waals surface area contributed by atoms with E-state index in [1.54, 1.807) is 18.2 Å². The first-order valence-electron chi connectivity index (χ1n) is 6.65. The van der Waals surface area contributed by atoms with Gasteiger partial charge in [-0.25, -0.2) is 8.42 Å². The van der Waals surface area contributed by atoms with E-state index in [1.807, 2.05) is 0 Å². The molecule has 2 rings (SSSR count). The van der Waals surface area contributed by atoms with Crippen molar-refractivity contribution in [2.75, 3.05) is 11.4 Å². The van der Waals surface area contributed by atoms with Crippen LogP contribution in [0.4, 0.5) is 5.69 Å². The number of sulfonamides is 1. The van der Waals surface area contributed by atoms with Crippen molar-refractivity contribution in [1.82, 2.24) is 0 Å². The van der Waals surface area contributed by atoms with E-state index >= 15 is 0 Å². The minimum absolute atomic E-state index is 0.327. The van der Waals surface area contributed by atoms with Crippen molar-refractivity contribution in [1.29, 1.82) is 5.26 Å². The summed E-state index contributed by atoms with van der Waals surface area (Å²) in [6.07, 6.45) is 4.45. The lowest BCUT2D eigenvalue weighted by Crippen LogP contribution is -2.37. The first kappa shape index (κ1) is 15.3. The molecule has 20 heavy (non-hydrogen) atoms. The van der Waals surface area contributed by atoms with Crippen LogP contribution < -0.4 is 4.31 Å². The van der Waals surface area contributed by atoms with E-state index in [2.05, 4.69) is 22.0 Å². The van der Waals surface area contributed by atoms with Gasteiger partial charge in [0.05, 0.1) is 16.5 Å². The topological polar surface area (TPSA) is 61.2 Å². The van der Waals surface area contributed by atoms with Gasteiger partial charge in [-0.3, -0.25) is 4.31 Å². The Labute approximate surface area is 128 Å². The molecule has 4 nitrogen and oxygen atoms in total. The Morgan fingerprint density at radius 3 is 2.55 bits per heavy atom. The molecule has 1 aromatic rings. The SMILES string of the molecule is CN(c1cccc(Br)c1C#N)S(=O)(=O)C1CCCCC1. The summed E-state index contributed by atoms with van der Waals surface area (Å²) >= 11 is 3.29. The molecule has 1 aliphatic rings. The number of anilines is 1. The maximum Gasteiger partial charge on any atom is 0.237 e. The molecular weight excluding hydrogens is 340 g/mol. The average Bonchev–Trinajstić information content (AvgIpc) is 2.47. The van der Waals surface area contributed by atoms with Gasteiger partial charge in [0.15, 0.2) is 0 Å². The van der Waals surface area contributed by atoms with E-state index in [1.165, 1.54) is 11.4 Å². The molecule has 0 saturated heterocycles. The van der Waals surface area contributed by atoms with Crippen LogP contribution in [-0.2, 0) is 10.0 Å². The standard InChI is InChI=1S/C14H17BrN2O2S/c1-17(14-9-5-8-13(15)12(14)10-16)20(18,19)11-6-3-2-4-7-11/h5,8-9,11H,2-4,6-7H2,1H3. The smallest absolute Gasteiger partial charge is 0.237 e. The van der Waals surface area contributed by atoms with Gasteiger partial charge in [0.2, 0.25) is 10.0 Å². The number of benzene rings is 1. The van der Waals surface area contributed by atoms with Gasteiger partial charge in [0.1, 0.15) is 6.07 Å². The summed E-state index contributed by atoms with van der Waals surface area (Å²) in [6, 6.07) is 7.22. The van der Waals surface area contributed by atoms with Crippen LogP contribution in [0, 0.1) is 11.3 Å². The number of nitriles is 1. The molecule has 0 spiro atoms. The molecule has 1 fully saturated rings. The van der Waals surface area contributed by atoms with Crippen molar-refractivity contribution < 1.29 is 8.42 Å². The quantitative estimate of drug-likeness (QED) is 0.833. The van der Waals surface area contributed by atoms with Crippen LogP contribution in [0.2, 0.25) is 0 Å². The van der Waals surface area contributed by atoms with Crippen molar-refractivity contribution >= 4 is 31.6 Å². The monoisotopic (exact) mass is 356 g/mol. The highest BCUT2D eigenvalue weighted by molar-refractivity contribution is 9.10. The Kier molecular flexibility index (Phi) is 4.71. The van der Waals surface area contributed by atoms with Gasteiger partial charge >= 0.3 is 0 Å². The van der Waals surface area contributed by atoms with E-state index in [0.29, 0.717) is 28.6 Å². The highest BCUT2D eigenvalue weighted by Crippen LogP contribution is 2.32. The fraction of sp³-hybridized carbons (Fsp3) is 0.500. The lowest BCUT2D eigenvalue weighted by Gasteiger charge is -2.29. The number of halogens is 1. The van der Waals surface area contributed by atoms with E-state index in [-0.39, 0.29) is 5.25 Å². The molecule has 108 valence electrons. The van der Waals surface area contributed by atoms with Gasteiger partial charge < -0.3 is 0 Å². The second kappa shape index (κ2) is 6.15. The summed E-state index contributed by atoms with van der Waals surface area (Å²) in [7, 11) is -1.87. The molecule has 0 heterocycles. The van der Waals surface area contributed by atoms with E-state index in [9.17, 15) is 13.7 Å². The largest absolute Gasteiger partial charge is 0.272 e. The van der Waals surface area contributed by atoms with Gasteiger partial charge in [0.25, 0.3) is 0 Å². The van der Waals surface area contributed by atoms with Crippen LogP contribution in [-0.4, -0.2) is 20.7 Å². The Balaban J connectivity index is 2.38. The molecule has 0 unspecified atom stereocenters. The van der Waals surface area contributed by atoms with Crippen molar-refractivity contribution in [3.05, 3.63) is 28.2 Å². The number of hydrogen-bond donors (Lipinski definition) is 0. The Bertz CT molecular complexity index is 631. The fourth-order valence-electron chi connectivity index (χ4n) is 2.61. The first-order chi connectivity index (χ1) is 9.48. The normalized spacial score (nSPS) is 16.6. The van der Waals surface area contributed by atoms with Crippen LogP contribution in [0.1, 0.15) is 37.7 Å². The van der Waals surface area contributed by atoms with Crippen LogP contribution in [0.5, 0.6) is 0 Å². The van der Waals surface area contributed by atoms with Crippen LogP contribution in [0.25, 0.3) is 0 Å². The van der Waals surface area contributed by atoms with Gasteiger partial charge in [0, 0.05) is 11.5 Å². The third-order valence-electron chi connectivity index (χ3n) is 3.80. The van der Waals surface area contributed by atoms with Crippen LogP contribution >= 0.6 is 15.9 Å². The molecular formula is C14H17BrN2O2S. The maximum atomic E-state index is 12.7. The molecule has 1 aromatic carbocycles. The summed E-state index contributed by atoms with van der Waals surface area (Å²) in [4.78, 5) is 0. The fourth-order valence-corrected chi connectivity index (χ4v) is 4.86. The second-order valence-corrected chi connectivity index (χ2v) is 8.12. The zero-order valence-corrected chi connectivity index (χ0v) is 13.7. The Morgan fingerprint density at radius 1 is 1.30 bits per heavy atom. The molecule has 0 aliphatic heterocycles. The zero-order chi connectivity index (χ0) is 14.8. The highest BCUT2D eigenvalue weighted by Gasteiger charge is 2.32. The van der Waals surface area contributed by atoms with Gasteiger partial charge in [-0.2, -0.15) is 5.26 Å². The maximum absolute atomic E-state index is 12.7. The summed E-state index contributed by atoms with van der Waals surface area (Å²) < 4.78 is 27.2. The summed E-state index contributed by atoms with van der Waals surface area (Å²) in [6.45, 7) is 0. The molecule has 0 amide bonds. The predicted molar refractivity (Wildman–Crippen MR) is 83.1 cm³/mol. The first-order valence-corrected chi connectivity index (χ1v) is 8.94. The zero-order valence-electron chi connectivity index (χ0n) is 11.3. The summed E-state index contributed by atoms with van der Waals surface area (Å²) in [5, 5.41) is 8.90. The van der Waals surface area contributed by atoms with Gasteiger partial charge in [-0.15, -0.1) is 0 Å². The van der Waals surface area contributed by atoms with Crippen molar-refractivity contribution in [2.24, 2.45) is 0 Å². The highest BCUT2D eigenvalue weighted by atomic mass is 79.9. The molecule has 0 bridgehead atoms. The van der Waals surface area contributed by atoms with Crippen LogP contribution in [0.15, 0.2) is 22.7 Å². The summed E-state index contributed by atoms with van der Waals surface area (Å²) in [5.74, 6) is 0. The number of rotatable bonds is 3. The van der Waals surface area contributed by atoms with Gasteiger partial charge in [-0.05, 0) is 40.9 Å². The molecule has 1 aliphatic carbocycles. The molecule has 0 radical (unpaired) electrons. The molecule has 6 heteroatoms. The predicted octanol–water partition coefficient (Wildman–Crippen LogP) is 3.42. The van der Waals surface area contributed by atoms with Gasteiger partial charge in [-0.1, -0.05) is 25.3 Å². The van der Waals surface area contributed by atoms with E-state index in [4.69, 9.17) is 0 Å². The minimum Gasteiger partial charge on any atom is -0.272 e. The minimum atomic E-state index is -3.40. The molecule has 1 saturated carbocycles. The second-order valence-electron chi connectivity index (χ2n) is 5.02.